The van der Waals surface area contributed by atoms with E-state index in [1.807, 2.05) is 6.20 Å². The molecule has 4 heteroatoms. The molecule has 4 nitrogen and oxygen atoms in total. The second kappa shape index (κ2) is 6.34. The molecule has 3 aliphatic rings. The number of aromatic nitrogens is 1. The van der Waals surface area contributed by atoms with Crippen molar-refractivity contribution in [3.63, 3.8) is 0 Å². The van der Waals surface area contributed by atoms with Crippen LogP contribution in [-0.4, -0.2) is 29.1 Å². The highest BCUT2D eigenvalue weighted by atomic mass is 15.2. The van der Waals surface area contributed by atoms with Gasteiger partial charge in [-0.2, -0.15) is 0 Å². The van der Waals surface area contributed by atoms with Gasteiger partial charge in [-0.3, -0.25) is 4.90 Å². The summed E-state index contributed by atoms with van der Waals surface area (Å²) >= 11 is 0. The lowest BCUT2D eigenvalue weighted by Gasteiger charge is -2.17. The van der Waals surface area contributed by atoms with Gasteiger partial charge in [0, 0.05) is 24.8 Å². The Morgan fingerprint density at radius 1 is 1.12 bits per heavy atom. The second-order valence-electron chi connectivity index (χ2n) is 7.77. The van der Waals surface area contributed by atoms with Crippen LogP contribution in [0.5, 0.6) is 0 Å². The second-order valence-corrected chi connectivity index (χ2v) is 7.77. The first-order valence-electron chi connectivity index (χ1n) is 9.67. The van der Waals surface area contributed by atoms with Crippen molar-refractivity contribution in [2.45, 2.75) is 50.7 Å². The van der Waals surface area contributed by atoms with Gasteiger partial charge in [0.25, 0.3) is 0 Å². The molecule has 3 heterocycles. The molecule has 1 aromatic heterocycles. The van der Waals surface area contributed by atoms with Crippen LogP contribution >= 0.6 is 0 Å². The van der Waals surface area contributed by atoms with Crippen molar-refractivity contribution in [1.29, 1.82) is 0 Å². The average molecular weight is 334 g/mol. The molecule has 1 atom stereocenters. The first-order valence-corrected chi connectivity index (χ1v) is 9.67. The number of anilines is 2. The highest BCUT2D eigenvalue weighted by Crippen LogP contribution is 2.42. The molecule has 2 aromatic rings. The van der Waals surface area contributed by atoms with Gasteiger partial charge < -0.3 is 10.6 Å². The molecule has 2 N–H and O–H groups in total. The van der Waals surface area contributed by atoms with E-state index >= 15 is 0 Å². The molecule has 0 amide bonds. The standard InChI is InChI=1S/C21H26N4/c1-2-10-25(9-1)14-15-7-8-22-20(11-15)24-21-13-18-12-17(16-3-4-16)5-6-19(18)23-21/h5-8,11-12,16,21,23H,1-4,9-10,13-14H2,(H,22,24). The van der Waals surface area contributed by atoms with E-state index in [1.165, 1.54) is 61.2 Å². The molecule has 1 aliphatic carbocycles. The van der Waals surface area contributed by atoms with Gasteiger partial charge in [0.2, 0.25) is 0 Å². The van der Waals surface area contributed by atoms with Crippen LogP contribution in [0.1, 0.15) is 48.3 Å². The molecule has 0 spiro atoms. The molecule has 0 bridgehead atoms. The molecule has 0 radical (unpaired) electrons. The fraction of sp³-hybridized carbons (Fsp3) is 0.476. The van der Waals surface area contributed by atoms with E-state index in [9.17, 15) is 0 Å². The molecule has 25 heavy (non-hydrogen) atoms. The normalized spacial score (nSPS) is 22.6. The van der Waals surface area contributed by atoms with Crippen LogP contribution in [0.3, 0.4) is 0 Å². The van der Waals surface area contributed by atoms with Crippen LogP contribution in [0, 0.1) is 0 Å². The Labute approximate surface area is 149 Å². The minimum Gasteiger partial charge on any atom is -0.365 e. The Kier molecular flexibility index (Phi) is 3.86. The predicted octanol–water partition coefficient (Wildman–Crippen LogP) is 3.96. The quantitative estimate of drug-likeness (QED) is 0.868. The van der Waals surface area contributed by atoms with E-state index in [1.54, 1.807) is 0 Å². The molecule has 2 fully saturated rings. The zero-order valence-corrected chi connectivity index (χ0v) is 14.7. The molecule has 1 saturated heterocycles. The molecular weight excluding hydrogens is 308 g/mol. The molecule has 1 unspecified atom stereocenters. The number of hydrogen-bond donors (Lipinski definition) is 2. The van der Waals surface area contributed by atoms with E-state index < -0.39 is 0 Å². The Hall–Kier alpha value is -2.07. The van der Waals surface area contributed by atoms with Crippen LogP contribution in [0.4, 0.5) is 11.5 Å². The van der Waals surface area contributed by atoms with Gasteiger partial charge in [-0.15, -0.1) is 0 Å². The lowest BCUT2D eigenvalue weighted by Crippen LogP contribution is -2.26. The number of likely N-dealkylation sites (tertiary alicyclic amines) is 1. The lowest BCUT2D eigenvalue weighted by molar-refractivity contribution is 0.331. The number of pyridine rings is 1. The smallest absolute Gasteiger partial charge is 0.127 e. The topological polar surface area (TPSA) is 40.2 Å². The molecule has 130 valence electrons. The molecule has 5 rings (SSSR count). The SMILES string of the molecule is c1cc(CN2CCCC2)cc(NC2Cc3cc(C4CC4)ccc3N2)n1. The summed E-state index contributed by atoms with van der Waals surface area (Å²) in [6, 6.07) is 11.3. The van der Waals surface area contributed by atoms with Crippen molar-refractivity contribution in [3.8, 4) is 0 Å². The third kappa shape index (κ3) is 3.36. The summed E-state index contributed by atoms with van der Waals surface area (Å²) in [5.74, 6) is 1.80. The Morgan fingerprint density at radius 3 is 2.84 bits per heavy atom. The molecule has 2 aliphatic heterocycles. The third-order valence-electron chi connectivity index (χ3n) is 5.68. The van der Waals surface area contributed by atoms with E-state index in [4.69, 9.17) is 0 Å². The average Bonchev–Trinajstić information content (AvgIpc) is 3.20. The predicted molar refractivity (Wildman–Crippen MR) is 102 cm³/mol. The maximum Gasteiger partial charge on any atom is 0.127 e. The minimum atomic E-state index is 0.235. The van der Waals surface area contributed by atoms with Gasteiger partial charge in [0.1, 0.15) is 12.0 Å². The highest BCUT2D eigenvalue weighted by Gasteiger charge is 2.27. The fourth-order valence-corrected chi connectivity index (χ4v) is 4.17. The minimum absolute atomic E-state index is 0.235. The van der Waals surface area contributed by atoms with Crippen molar-refractivity contribution >= 4 is 11.5 Å². The van der Waals surface area contributed by atoms with Gasteiger partial charge in [0.15, 0.2) is 0 Å². The zero-order chi connectivity index (χ0) is 16.6. The first-order chi connectivity index (χ1) is 12.3. The van der Waals surface area contributed by atoms with Crippen molar-refractivity contribution in [2.24, 2.45) is 0 Å². The monoisotopic (exact) mass is 334 g/mol. The van der Waals surface area contributed by atoms with Crippen molar-refractivity contribution in [1.82, 2.24) is 9.88 Å². The van der Waals surface area contributed by atoms with Crippen molar-refractivity contribution in [3.05, 3.63) is 53.2 Å². The summed E-state index contributed by atoms with van der Waals surface area (Å²) in [4.78, 5) is 7.06. The van der Waals surface area contributed by atoms with Crippen LogP contribution in [0.2, 0.25) is 0 Å². The highest BCUT2D eigenvalue weighted by molar-refractivity contribution is 5.60. The maximum absolute atomic E-state index is 4.53. The summed E-state index contributed by atoms with van der Waals surface area (Å²) in [5, 5.41) is 7.18. The first kappa shape index (κ1) is 15.2. The maximum atomic E-state index is 4.53. The van der Waals surface area contributed by atoms with E-state index in [2.05, 4.69) is 50.8 Å². The van der Waals surface area contributed by atoms with Crippen LogP contribution in [-0.2, 0) is 13.0 Å². The Morgan fingerprint density at radius 2 is 2.00 bits per heavy atom. The van der Waals surface area contributed by atoms with Crippen LogP contribution in [0.25, 0.3) is 0 Å². The molecular formula is C21H26N4. The molecule has 1 saturated carbocycles. The van der Waals surface area contributed by atoms with Crippen molar-refractivity contribution < 1.29 is 0 Å². The van der Waals surface area contributed by atoms with E-state index in [-0.39, 0.29) is 6.17 Å². The van der Waals surface area contributed by atoms with Gasteiger partial charge in [-0.25, -0.2) is 4.98 Å². The van der Waals surface area contributed by atoms with Crippen LogP contribution in [0.15, 0.2) is 36.5 Å². The number of rotatable bonds is 5. The molecule has 1 aromatic carbocycles. The Bertz CT molecular complexity index is 762. The zero-order valence-electron chi connectivity index (χ0n) is 14.7. The summed E-state index contributed by atoms with van der Waals surface area (Å²) < 4.78 is 0. The third-order valence-corrected chi connectivity index (χ3v) is 5.68. The van der Waals surface area contributed by atoms with Gasteiger partial charge in [0.05, 0.1) is 0 Å². The fourth-order valence-electron chi connectivity index (χ4n) is 4.17. The number of nitrogens with one attached hydrogen (secondary N) is 2. The van der Waals surface area contributed by atoms with Crippen molar-refractivity contribution in [2.75, 3.05) is 23.7 Å². The van der Waals surface area contributed by atoms with Gasteiger partial charge in [-0.05, 0) is 79.6 Å². The lowest BCUT2D eigenvalue weighted by atomic mass is 10.0. The van der Waals surface area contributed by atoms with Gasteiger partial charge >= 0.3 is 0 Å². The summed E-state index contributed by atoms with van der Waals surface area (Å²) in [6.07, 6.45) is 8.59. The summed E-state index contributed by atoms with van der Waals surface area (Å²) in [7, 11) is 0. The number of benzene rings is 1. The number of fused-ring (bicyclic) bond motifs is 1. The summed E-state index contributed by atoms with van der Waals surface area (Å²) in [6.45, 7) is 3.50. The van der Waals surface area contributed by atoms with E-state index in [0.717, 1.165) is 24.7 Å². The van der Waals surface area contributed by atoms with Gasteiger partial charge in [-0.1, -0.05) is 12.1 Å². The van der Waals surface area contributed by atoms with Crippen LogP contribution < -0.4 is 10.6 Å². The summed E-state index contributed by atoms with van der Waals surface area (Å²) in [5.41, 5.74) is 5.59. The number of nitrogens with zero attached hydrogens (tertiary/aromatic N) is 2. The Balaban J connectivity index is 1.24. The van der Waals surface area contributed by atoms with E-state index in [0.29, 0.717) is 0 Å². The largest absolute Gasteiger partial charge is 0.365 e. The number of hydrogen-bond acceptors (Lipinski definition) is 4.